The van der Waals surface area contributed by atoms with E-state index in [1.54, 1.807) is 19.2 Å². The van der Waals surface area contributed by atoms with Crippen molar-refractivity contribution in [3.8, 4) is 5.75 Å². The lowest BCUT2D eigenvalue weighted by Crippen LogP contribution is -2.57. The van der Waals surface area contributed by atoms with Gasteiger partial charge < -0.3 is 20.3 Å². The lowest BCUT2D eigenvalue weighted by atomic mass is 9.99. The standard InChI is InChI=1S/C37H44F4N8O3/c1-4-36(50)45-29-18-30(33(51-3)19-32(29)46-12-9-25(10-13-46)47-14-15-48(23(2)21-47)26-6-7-26)44-34-20-35(43-22-42-34)49-31(11-16-52-49)24-5-8-28(38)27(17-24)37(39,40)41/h4-5,8,17-20,22-23,25-26,31H,1,6-7,9-16,21H2,2-3H3,(H,45,50)(H,42,43,44)/t23-,31+/m0/s1. The van der Waals surface area contributed by atoms with E-state index in [1.165, 1.54) is 36.4 Å². The number of aromatic nitrogens is 2. The number of halogens is 4. The van der Waals surface area contributed by atoms with Crippen molar-refractivity contribution >= 4 is 34.6 Å². The summed E-state index contributed by atoms with van der Waals surface area (Å²) in [5.41, 5.74) is 0.830. The molecular formula is C37H44F4N8O3. The number of benzene rings is 2. The van der Waals surface area contributed by atoms with E-state index in [-0.39, 0.29) is 18.1 Å². The zero-order chi connectivity index (χ0) is 36.6. The number of hydrogen-bond donors (Lipinski definition) is 2. The minimum atomic E-state index is -4.84. The number of piperazine rings is 1. The van der Waals surface area contributed by atoms with Crippen molar-refractivity contribution in [3.63, 3.8) is 0 Å². The average molecular weight is 725 g/mol. The summed E-state index contributed by atoms with van der Waals surface area (Å²) in [6.45, 7) is 11.2. The number of nitrogens with one attached hydrogen (secondary N) is 2. The normalized spacial score (nSPS) is 22.0. The first-order valence-corrected chi connectivity index (χ1v) is 17.8. The molecule has 15 heteroatoms. The van der Waals surface area contributed by atoms with Gasteiger partial charge in [-0.1, -0.05) is 12.6 Å². The van der Waals surface area contributed by atoms with Crippen LogP contribution in [-0.4, -0.2) is 90.2 Å². The van der Waals surface area contributed by atoms with Crippen LogP contribution in [0.4, 0.5) is 46.3 Å². The van der Waals surface area contributed by atoms with Crippen molar-refractivity contribution in [3.05, 3.63) is 72.3 Å². The molecule has 2 aromatic carbocycles. The smallest absolute Gasteiger partial charge is 0.419 e. The Hall–Kier alpha value is -4.47. The number of rotatable bonds is 10. The average Bonchev–Trinajstić information content (AvgIpc) is 3.86. The molecule has 7 rings (SSSR count). The Morgan fingerprint density at radius 3 is 2.48 bits per heavy atom. The van der Waals surface area contributed by atoms with Gasteiger partial charge in [-0.15, -0.1) is 0 Å². The largest absolute Gasteiger partial charge is 0.494 e. The fraction of sp³-hybridized carbons (Fsp3) is 0.486. The summed E-state index contributed by atoms with van der Waals surface area (Å²) in [7, 11) is 1.56. The number of methoxy groups -OCH3 is 1. The summed E-state index contributed by atoms with van der Waals surface area (Å²) < 4.78 is 60.3. The molecule has 4 fully saturated rings. The Bertz CT molecular complexity index is 1780. The monoisotopic (exact) mass is 724 g/mol. The van der Waals surface area contributed by atoms with Gasteiger partial charge in [0.25, 0.3) is 0 Å². The van der Waals surface area contributed by atoms with E-state index in [0.29, 0.717) is 47.3 Å². The molecule has 0 unspecified atom stereocenters. The van der Waals surface area contributed by atoms with Gasteiger partial charge in [0.05, 0.1) is 42.4 Å². The summed E-state index contributed by atoms with van der Waals surface area (Å²) in [4.78, 5) is 34.7. The first-order chi connectivity index (χ1) is 25.0. The minimum Gasteiger partial charge on any atom is -0.494 e. The molecule has 3 saturated heterocycles. The number of alkyl halides is 3. The van der Waals surface area contributed by atoms with Crippen LogP contribution >= 0.6 is 0 Å². The van der Waals surface area contributed by atoms with Gasteiger partial charge in [0.15, 0.2) is 5.82 Å². The maximum absolute atomic E-state index is 14.0. The molecule has 0 radical (unpaired) electrons. The van der Waals surface area contributed by atoms with Gasteiger partial charge in [-0.25, -0.2) is 19.4 Å². The van der Waals surface area contributed by atoms with Crippen LogP contribution in [0, 0.1) is 5.82 Å². The molecule has 52 heavy (non-hydrogen) atoms. The maximum atomic E-state index is 14.0. The van der Waals surface area contributed by atoms with E-state index in [9.17, 15) is 22.4 Å². The Balaban J connectivity index is 1.09. The van der Waals surface area contributed by atoms with Gasteiger partial charge in [-0.05, 0) is 62.4 Å². The summed E-state index contributed by atoms with van der Waals surface area (Å²) in [6, 6.07) is 9.45. The van der Waals surface area contributed by atoms with Crippen LogP contribution < -0.4 is 25.3 Å². The molecular weight excluding hydrogens is 680 g/mol. The van der Waals surface area contributed by atoms with Crippen molar-refractivity contribution in [2.45, 2.75) is 69.4 Å². The molecule has 0 spiro atoms. The molecule has 1 amide bonds. The quantitative estimate of drug-likeness (QED) is 0.178. The molecule has 2 N–H and O–H groups in total. The lowest BCUT2D eigenvalue weighted by Gasteiger charge is -2.46. The van der Waals surface area contributed by atoms with Gasteiger partial charge in [0, 0.05) is 69.4 Å². The zero-order valence-electron chi connectivity index (χ0n) is 29.3. The predicted molar refractivity (Wildman–Crippen MR) is 190 cm³/mol. The number of anilines is 5. The number of carbonyl (C=O) groups is 1. The number of nitrogens with zero attached hydrogens (tertiary/aromatic N) is 6. The highest BCUT2D eigenvalue weighted by Crippen LogP contribution is 2.42. The third-order valence-electron chi connectivity index (χ3n) is 10.5. The number of amides is 1. The van der Waals surface area contributed by atoms with Crippen LogP contribution in [0.3, 0.4) is 0 Å². The fourth-order valence-electron chi connectivity index (χ4n) is 7.77. The van der Waals surface area contributed by atoms with E-state index in [4.69, 9.17) is 9.57 Å². The van der Waals surface area contributed by atoms with E-state index in [1.807, 2.05) is 6.07 Å². The number of hydroxylamine groups is 1. The van der Waals surface area contributed by atoms with Gasteiger partial charge >= 0.3 is 6.18 Å². The fourth-order valence-corrected chi connectivity index (χ4v) is 7.77. The second kappa shape index (κ2) is 14.9. The summed E-state index contributed by atoms with van der Waals surface area (Å²) in [5.74, 6) is -0.542. The second-order valence-electron chi connectivity index (χ2n) is 13.9. The van der Waals surface area contributed by atoms with Crippen LogP contribution in [0.15, 0.2) is 55.4 Å². The van der Waals surface area contributed by atoms with Crippen LogP contribution in [0.1, 0.15) is 56.2 Å². The molecule has 1 aliphatic carbocycles. The second-order valence-corrected chi connectivity index (χ2v) is 13.9. The molecule has 4 heterocycles. The van der Waals surface area contributed by atoms with Crippen molar-refractivity contribution in [2.24, 2.45) is 0 Å². The Morgan fingerprint density at radius 2 is 1.79 bits per heavy atom. The van der Waals surface area contributed by atoms with Gasteiger partial charge in [0.2, 0.25) is 5.91 Å². The zero-order valence-corrected chi connectivity index (χ0v) is 29.3. The van der Waals surface area contributed by atoms with E-state index >= 15 is 0 Å². The molecule has 4 aliphatic rings. The molecule has 3 aromatic rings. The Labute approximate surface area is 300 Å². The molecule has 3 aliphatic heterocycles. The van der Waals surface area contributed by atoms with E-state index < -0.39 is 23.6 Å². The van der Waals surface area contributed by atoms with Gasteiger partial charge in [-0.3, -0.25) is 19.4 Å². The highest BCUT2D eigenvalue weighted by molar-refractivity contribution is 6.02. The van der Waals surface area contributed by atoms with Crippen molar-refractivity contribution in [2.75, 3.05) is 67.0 Å². The maximum Gasteiger partial charge on any atom is 0.419 e. The topological polar surface area (TPSA) is 98.3 Å². The van der Waals surface area contributed by atoms with E-state index in [0.717, 1.165) is 69.4 Å². The first kappa shape index (κ1) is 35.9. The van der Waals surface area contributed by atoms with Crippen LogP contribution in [-0.2, 0) is 15.8 Å². The molecule has 2 atom stereocenters. The third kappa shape index (κ3) is 7.66. The lowest BCUT2D eigenvalue weighted by molar-refractivity contribution is -0.140. The first-order valence-electron chi connectivity index (χ1n) is 17.8. The summed E-state index contributed by atoms with van der Waals surface area (Å²) >= 11 is 0. The molecule has 0 bridgehead atoms. The van der Waals surface area contributed by atoms with Gasteiger partial charge in [-0.2, -0.15) is 13.2 Å². The van der Waals surface area contributed by atoms with Crippen LogP contribution in [0.25, 0.3) is 0 Å². The number of carbonyl (C=O) groups excluding carboxylic acids is 1. The van der Waals surface area contributed by atoms with Crippen LogP contribution in [0.2, 0.25) is 0 Å². The molecule has 1 saturated carbocycles. The molecule has 278 valence electrons. The highest BCUT2D eigenvalue weighted by Gasteiger charge is 2.39. The number of ether oxygens (including phenoxy) is 1. The number of hydrogen-bond acceptors (Lipinski definition) is 10. The molecule has 11 nitrogen and oxygen atoms in total. The SMILES string of the molecule is C=CC(=O)Nc1cc(Nc2cc(N3OCC[C@@H]3c3ccc(F)c(C(F)(F)F)c3)ncn2)c(OC)cc1N1CCC(N2CCN(C3CC3)[C@@H](C)C2)CC1. The summed E-state index contributed by atoms with van der Waals surface area (Å²) in [5, 5.41) is 7.62. The van der Waals surface area contributed by atoms with Gasteiger partial charge in [0.1, 0.15) is 23.7 Å². The van der Waals surface area contributed by atoms with Crippen molar-refractivity contribution in [1.29, 1.82) is 0 Å². The van der Waals surface area contributed by atoms with Crippen molar-refractivity contribution in [1.82, 2.24) is 19.8 Å². The van der Waals surface area contributed by atoms with Crippen LogP contribution in [0.5, 0.6) is 5.75 Å². The Morgan fingerprint density at radius 1 is 1.00 bits per heavy atom. The highest BCUT2D eigenvalue weighted by atomic mass is 19.4. The predicted octanol–water partition coefficient (Wildman–Crippen LogP) is 6.53. The Kier molecular flexibility index (Phi) is 10.3. The third-order valence-corrected chi connectivity index (χ3v) is 10.5. The van der Waals surface area contributed by atoms with E-state index in [2.05, 4.69) is 48.8 Å². The number of piperidine rings is 1. The van der Waals surface area contributed by atoms with Crippen molar-refractivity contribution < 1.29 is 31.9 Å². The minimum absolute atomic E-state index is 0.227. The molecule has 1 aromatic heterocycles. The summed E-state index contributed by atoms with van der Waals surface area (Å²) in [6.07, 6.45) is 2.72.